The van der Waals surface area contributed by atoms with Gasteiger partial charge in [0.05, 0.1) is 11.2 Å². The lowest BCUT2D eigenvalue weighted by molar-refractivity contribution is 0.941. The first-order valence-electron chi connectivity index (χ1n) is 8.35. The second-order valence-corrected chi connectivity index (χ2v) is 6.03. The topological polar surface area (TPSA) is 53.4 Å². The second kappa shape index (κ2) is 7.26. The van der Waals surface area contributed by atoms with E-state index in [-0.39, 0.29) is 0 Å². The summed E-state index contributed by atoms with van der Waals surface area (Å²) in [5.74, 6) is 0.326. The highest BCUT2D eigenvalue weighted by molar-refractivity contribution is 6.12. The predicted octanol–water partition coefficient (Wildman–Crippen LogP) is 5.08. The Hall–Kier alpha value is -3.01. The third-order valence-corrected chi connectivity index (χ3v) is 4.21. The van der Waals surface area contributed by atoms with E-state index in [4.69, 9.17) is 4.98 Å². The van der Waals surface area contributed by atoms with Crippen LogP contribution in [0.25, 0.3) is 22.6 Å². The number of aryl methyl sites for hydroxylation is 1. The van der Waals surface area contributed by atoms with Gasteiger partial charge in [-0.1, -0.05) is 31.7 Å². The zero-order chi connectivity index (χ0) is 17.8. The molecule has 4 nitrogen and oxygen atoms in total. The lowest BCUT2D eigenvalue weighted by atomic mass is 10.0. The third-order valence-electron chi connectivity index (χ3n) is 4.21. The molecular formula is C21H22N4. The van der Waals surface area contributed by atoms with Crippen LogP contribution >= 0.6 is 0 Å². The molecule has 0 aromatic carbocycles. The molecule has 2 aromatic rings. The molecule has 1 aliphatic heterocycles. The number of aromatic amines is 1. The summed E-state index contributed by atoms with van der Waals surface area (Å²) in [7, 11) is 0. The number of nitrogens with one attached hydrogen (secondary N) is 1. The van der Waals surface area contributed by atoms with E-state index in [1.165, 1.54) is 6.20 Å². The van der Waals surface area contributed by atoms with Crippen molar-refractivity contribution in [3.05, 3.63) is 65.9 Å². The number of fused-ring (bicyclic) bond motifs is 1. The molecule has 1 atom stereocenters. The van der Waals surface area contributed by atoms with Crippen molar-refractivity contribution in [2.24, 2.45) is 15.9 Å². The summed E-state index contributed by atoms with van der Waals surface area (Å²) in [6.07, 6.45) is 17.3. The third kappa shape index (κ3) is 3.29. The smallest absolute Gasteiger partial charge is 0.0764 e. The Balaban J connectivity index is 2.21. The largest absolute Gasteiger partial charge is 0.354 e. The number of H-pyrrole nitrogens is 1. The van der Waals surface area contributed by atoms with Crippen LogP contribution in [-0.2, 0) is 0 Å². The van der Waals surface area contributed by atoms with E-state index in [2.05, 4.69) is 47.5 Å². The van der Waals surface area contributed by atoms with Crippen molar-refractivity contribution >= 4 is 35.0 Å². The number of pyridine rings is 1. The maximum atomic E-state index is 4.73. The van der Waals surface area contributed by atoms with Crippen molar-refractivity contribution in [3.63, 3.8) is 0 Å². The highest BCUT2D eigenvalue weighted by atomic mass is 14.8. The van der Waals surface area contributed by atoms with Gasteiger partial charge in [0.2, 0.25) is 0 Å². The van der Waals surface area contributed by atoms with E-state index >= 15 is 0 Å². The van der Waals surface area contributed by atoms with Crippen LogP contribution in [0.1, 0.15) is 36.4 Å². The fourth-order valence-electron chi connectivity index (χ4n) is 3.01. The molecule has 1 N–H and O–H groups in total. The quantitative estimate of drug-likeness (QED) is 0.780. The molecule has 0 saturated carbocycles. The van der Waals surface area contributed by atoms with Crippen LogP contribution in [0.4, 0.5) is 0 Å². The van der Waals surface area contributed by atoms with Crippen molar-refractivity contribution in [1.29, 1.82) is 0 Å². The highest BCUT2D eigenvalue weighted by Gasteiger charge is 2.15. The van der Waals surface area contributed by atoms with Gasteiger partial charge in [0.15, 0.2) is 0 Å². The van der Waals surface area contributed by atoms with E-state index in [0.29, 0.717) is 5.92 Å². The summed E-state index contributed by atoms with van der Waals surface area (Å²) in [6, 6.07) is 0. The maximum absolute atomic E-state index is 4.73. The predicted molar refractivity (Wildman–Crippen MR) is 108 cm³/mol. The first-order chi connectivity index (χ1) is 12.2. The molecule has 2 aromatic heterocycles. The van der Waals surface area contributed by atoms with Gasteiger partial charge in [0.25, 0.3) is 0 Å². The Bertz CT molecular complexity index is 952. The molecule has 0 aliphatic carbocycles. The molecule has 25 heavy (non-hydrogen) atoms. The minimum Gasteiger partial charge on any atom is -0.354 e. The van der Waals surface area contributed by atoms with Gasteiger partial charge >= 0.3 is 0 Å². The number of hydrogen-bond donors (Lipinski definition) is 1. The van der Waals surface area contributed by atoms with Crippen LogP contribution in [0.2, 0.25) is 0 Å². The average molecular weight is 330 g/mol. The average Bonchev–Trinajstić information content (AvgIpc) is 2.80. The minimum absolute atomic E-state index is 0.326. The summed E-state index contributed by atoms with van der Waals surface area (Å²) in [4.78, 5) is 16.8. The zero-order valence-electron chi connectivity index (χ0n) is 14.8. The van der Waals surface area contributed by atoms with E-state index in [9.17, 15) is 0 Å². The van der Waals surface area contributed by atoms with Crippen molar-refractivity contribution in [1.82, 2.24) is 9.97 Å². The van der Waals surface area contributed by atoms with Gasteiger partial charge in [-0.25, -0.2) is 0 Å². The van der Waals surface area contributed by atoms with Crippen molar-refractivity contribution in [2.45, 2.75) is 20.8 Å². The molecule has 3 rings (SSSR count). The molecule has 0 saturated heterocycles. The first kappa shape index (κ1) is 16.8. The molecule has 0 amide bonds. The number of aromatic nitrogens is 2. The van der Waals surface area contributed by atoms with E-state index in [0.717, 1.165) is 39.0 Å². The molecule has 1 unspecified atom stereocenters. The molecule has 0 fully saturated rings. The van der Waals surface area contributed by atoms with Gasteiger partial charge in [-0.2, -0.15) is 0 Å². The number of nitrogens with zero attached hydrogens (tertiary/aromatic N) is 3. The molecule has 4 heteroatoms. The van der Waals surface area contributed by atoms with Crippen molar-refractivity contribution in [3.8, 4) is 0 Å². The maximum Gasteiger partial charge on any atom is 0.0764 e. The van der Waals surface area contributed by atoms with Gasteiger partial charge in [0.1, 0.15) is 0 Å². The normalized spacial score (nSPS) is 17.6. The Morgan fingerprint density at radius 2 is 2.20 bits per heavy atom. The molecular weight excluding hydrogens is 308 g/mol. The van der Waals surface area contributed by atoms with Gasteiger partial charge in [0, 0.05) is 53.2 Å². The fourth-order valence-corrected chi connectivity index (χ4v) is 3.01. The SMILES string of the molecule is C=CN=Cc1c(/C=C\C)[nH]c2c(C)c(C3=CC(C)C=CN=C3)ncc12. The number of allylic oxidation sites excluding steroid dienone is 4. The lowest BCUT2D eigenvalue weighted by Crippen LogP contribution is -1.97. The van der Waals surface area contributed by atoms with Gasteiger partial charge < -0.3 is 4.98 Å². The highest BCUT2D eigenvalue weighted by Crippen LogP contribution is 2.29. The monoisotopic (exact) mass is 330 g/mol. The first-order valence-corrected chi connectivity index (χ1v) is 8.35. The zero-order valence-corrected chi connectivity index (χ0v) is 14.8. The summed E-state index contributed by atoms with van der Waals surface area (Å²) in [6.45, 7) is 9.88. The Morgan fingerprint density at radius 3 is 2.96 bits per heavy atom. The van der Waals surface area contributed by atoms with Crippen LogP contribution < -0.4 is 0 Å². The number of aliphatic imine (C=N–C) groups is 2. The minimum atomic E-state index is 0.326. The van der Waals surface area contributed by atoms with Crippen LogP contribution in [0, 0.1) is 12.8 Å². The number of hydrogen-bond acceptors (Lipinski definition) is 3. The standard InChI is InChI=1S/C21H22N4/c1-5-7-19-17(12-22-6-2)18-13-24-20(15(4)21(18)25-19)16-10-14(3)8-9-23-11-16/h5-14,25H,2H2,1,3-4H3/b7-5-,22-12?. The lowest BCUT2D eigenvalue weighted by Gasteiger charge is -2.08. The molecule has 3 heterocycles. The molecule has 126 valence electrons. The van der Waals surface area contributed by atoms with Crippen molar-refractivity contribution in [2.75, 3.05) is 0 Å². The summed E-state index contributed by atoms with van der Waals surface area (Å²) >= 11 is 0. The fraction of sp³-hybridized carbons (Fsp3) is 0.190. The van der Waals surface area contributed by atoms with Crippen molar-refractivity contribution < 1.29 is 0 Å². The van der Waals surface area contributed by atoms with E-state index in [1.807, 2.05) is 43.9 Å². The molecule has 0 bridgehead atoms. The summed E-state index contributed by atoms with van der Waals surface area (Å²) in [5, 5.41) is 1.05. The Kier molecular flexibility index (Phi) is 4.89. The summed E-state index contributed by atoms with van der Waals surface area (Å²) < 4.78 is 0. The van der Waals surface area contributed by atoms with Crippen LogP contribution in [0.5, 0.6) is 0 Å². The molecule has 1 aliphatic rings. The number of rotatable bonds is 4. The Morgan fingerprint density at radius 1 is 1.36 bits per heavy atom. The molecule has 0 radical (unpaired) electrons. The van der Waals surface area contributed by atoms with Gasteiger partial charge in [-0.05, 0) is 31.4 Å². The Labute approximate surface area is 148 Å². The summed E-state index contributed by atoms with van der Waals surface area (Å²) in [5.41, 5.74) is 6.21. The van der Waals surface area contributed by atoms with Gasteiger partial charge in [-0.3, -0.25) is 15.0 Å². The second-order valence-electron chi connectivity index (χ2n) is 6.03. The van der Waals surface area contributed by atoms with E-state index in [1.54, 1.807) is 0 Å². The van der Waals surface area contributed by atoms with Crippen LogP contribution in [-0.4, -0.2) is 22.4 Å². The van der Waals surface area contributed by atoms with Gasteiger partial charge in [-0.15, -0.1) is 0 Å². The van der Waals surface area contributed by atoms with Crippen LogP contribution in [0.3, 0.4) is 0 Å². The van der Waals surface area contributed by atoms with Crippen LogP contribution in [0.15, 0.2) is 53.4 Å². The molecule has 0 spiro atoms. The van der Waals surface area contributed by atoms with E-state index < -0.39 is 0 Å².